The van der Waals surface area contributed by atoms with E-state index in [0.717, 1.165) is 135 Å². The number of rotatable bonds is 32. The highest BCUT2D eigenvalue weighted by Gasteiger charge is 2.57. The normalized spacial score (nSPS) is 28.7. The van der Waals surface area contributed by atoms with Crippen molar-refractivity contribution in [1.82, 2.24) is 78.4 Å². The van der Waals surface area contributed by atoms with Gasteiger partial charge >= 0.3 is 0 Å². The molecule has 148 heavy (non-hydrogen) atoms. The zero-order valence-corrected chi connectivity index (χ0v) is 101. The van der Waals surface area contributed by atoms with Crippen molar-refractivity contribution in [3.05, 3.63) is 0 Å². The number of halogens is 12. The number of hydrogen-bond acceptors (Lipinski definition) is 16. The van der Waals surface area contributed by atoms with Gasteiger partial charge in [0.1, 0.15) is 11.3 Å². The molecule has 16 fully saturated rings. The molecule has 0 aromatic heterocycles. The predicted molar refractivity (Wildman–Crippen MR) is 596 cm³/mol. The Morgan fingerprint density at radius 1 is 0.176 bits per heavy atom. The molecule has 28 heteroatoms. The molecule has 0 spiro atoms. The minimum atomic E-state index is -2.55. The monoisotopic (exact) mass is 2120 g/mol. The van der Waals surface area contributed by atoms with E-state index in [1.54, 1.807) is 0 Å². The first kappa shape index (κ1) is 130. The van der Waals surface area contributed by atoms with Crippen LogP contribution in [0, 0.1) is 82.9 Å². The van der Waals surface area contributed by atoms with Crippen LogP contribution in [0.1, 0.15) is 344 Å². The summed E-state index contributed by atoms with van der Waals surface area (Å²) in [4.78, 5) is 36.1. The number of nitrogens with zero attached hydrogens (tertiary/aromatic N) is 16. The van der Waals surface area contributed by atoms with Crippen LogP contribution in [-0.2, 0) is 0 Å². The van der Waals surface area contributed by atoms with E-state index in [9.17, 15) is 52.7 Å². The van der Waals surface area contributed by atoms with Crippen molar-refractivity contribution in [2.24, 2.45) is 82.9 Å². The Morgan fingerprint density at radius 2 is 0.399 bits per heavy atom. The zero-order valence-electron chi connectivity index (χ0n) is 101. The van der Waals surface area contributed by atoms with E-state index in [4.69, 9.17) is 0 Å². The Bertz CT molecular complexity index is 3370. The maximum atomic E-state index is 14.3. The molecule has 0 bridgehead atoms. The van der Waals surface area contributed by atoms with Gasteiger partial charge in [0.2, 0.25) is 0 Å². The highest BCUT2D eigenvalue weighted by molar-refractivity contribution is 5.07. The van der Waals surface area contributed by atoms with Crippen LogP contribution in [0.15, 0.2) is 0 Å². The lowest BCUT2D eigenvalue weighted by molar-refractivity contribution is -0.154. The number of hydrogen-bond donors (Lipinski definition) is 0. The second kappa shape index (κ2) is 57.7. The second-order valence-corrected chi connectivity index (χ2v) is 56.1. The number of likely N-dealkylation sites (tertiary alicyclic amines) is 16. The Labute approximate surface area is 899 Å². The van der Waals surface area contributed by atoms with E-state index < -0.39 is 70.8 Å². The largest absolute Gasteiger partial charge is 0.301 e. The lowest BCUT2D eigenvalue weighted by atomic mass is 9.84. The predicted octanol–water partition coefficient (Wildman–Crippen LogP) is 24.1. The van der Waals surface area contributed by atoms with Crippen LogP contribution in [0.5, 0.6) is 0 Å². The average molecular weight is 2120 g/mol. The maximum absolute atomic E-state index is 14.3. The lowest BCUT2D eigenvalue weighted by Gasteiger charge is -2.51. The fourth-order valence-corrected chi connectivity index (χ4v) is 27.5. The van der Waals surface area contributed by atoms with E-state index in [1.807, 2.05) is 104 Å². The minimum Gasteiger partial charge on any atom is -0.301 e. The van der Waals surface area contributed by atoms with Gasteiger partial charge in [0.25, 0.3) is 29.6 Å². The van der Waals surface area contributed by atoms with Gasteiger partial charge in [-0.15, -0.1) is 0 Å². The third-order valence-electron chi connectivity index (χ3n) is 36.7. The van der Waals surface area contributed by atoms with Crippen molar-refractivity contribution < 1.29 is 52.7 Å². The van der Waals surface area contributed by atoms with Crippen molar-refractivity contribution in [3.8, 4) is 0 Å². The summed E-state index contributed by atoms with van der Waals surface area (Å²) in [6.07, 6.45) is 18.2. The van der Waals surface area contributed by atoms with Crippen LogP contribution in [-0.4, -0.2) is 425 Å². The van der Waals surface area contributed by atoms with Gasteiger partial charge in [0.15, 0.2) is 0 Å². The summed E-state index contributed by atoms with van der Waals surface area (Å²) in [6.45, 7) is 94.9. The van der Waals surface area contributed by atoms with Crippen LogP contribution >= 0.6 is 0 Å². The van der Waals surface area contributed by atoms with Crippen LogP contribution in [0.25, 0.3) is 0 Å². The molecule has 16 heterocycles. The molecular weight excluding hydrogens is 1890 g/mol. The molecule has 0 amide bonds. The smallest absolute Gasteiger partial charge is 0.275 e. The molecule has 0 saturated carbocycles. The molecule has 0 aromatic rings. The van der Waals surface area contributed by atoms with Crippen molar-refractivity contribution >= 4 is 0 Å². The van der Waals surface area contributed by atoms with Gasteiger partial charge in [-0.1, -0.05) is 111 Å². The Hall–Kier alpha value is -1.48. The van der Waals surface area contributed by atoms with Crippen molar-refractivity contribution in [2.45, 2.75) is 481 Å². The van der Waals surface area contributed by atoms with E-state index >= 15 is 0 Å². The molecule has 0 aliphatic carbocycles. The van der Waals surface area contributed by atoms with E-state index in [-0.39, 0.29) is 44.8 Å². The number of piperidine rings is 8. The SMILES string of the molecule is CC(C)CC1(F)CN(C2CCN(C(C)C)CC2)C1.CC(C)CC1(F)CN(C2CCN(C(C)C)CC2)C1.CC(C)CC1CCN(C2CN(C(C)C)C2)CC1.CC(C)CC1CCN(C2CN(C(C)C)C2)CC1(F)F.CC(C)CC1CCN(C2CN(C(C)C)C2)CC1(F)F.CC(C)CC1CCN(C2CN(C(C)C)C2)CC1(F)F.CC(C)CC1CN(C2CCN(C(C)C)CC2(F)F)C1.CC(C)CC1CN(C2CCN(C(C)C)CC2(F)F)C1. The average Bonchev–Trinajstić information content (AvgIpc) is 0.772. The summed E-state index contributed by atoms with van der Waals surface area (Å²) < 4.78 is 171. The molecular formula is C120H228F12N16. The van der Waals surface area contributed by atoms with Crippen LogP contribution in [0.4, 0.5) is 52.7 Å². The highest BCUT2D eigenvalue weighted by Crippen LogP contribution is 2.47. The molecule has 0 radical (unpaired) electrons. The van der Waals surface area contributed by atoms with Gasteiger partial charge in [0, 0.05) is 220 Å². The highest BCUT2D eigenvalue weighted by atomic mass is 19.3. The molecule has 0 N–H and O–H groups in total. The summed E-state index contributed by atoms with van der Waals surface area (Å²) in [5, 5.41) is 0. The second-order valence-electron chi connectivity index (χ2n) is 56.1. The Balaban J connectivity index is 0.000000188. The van der Waals surface area contributed by atoms with Gasteiger partial charge in [-0.05, 0) is 357 Å². The molecule has 16 rings (SSSR count). The molecule has 872 valence electrons. The third-order valence-corrected chi connectivity index (χ3v) is 36.7. The molecule has 0 aromatic carbocycles. The fourth-order valence-electron chi connectivity index (χ4n) is 27.5. The Morgan fingerprint density at radius 3 is 0.615 bits per heavy atom. The first-order chi connectivity index (χ1) is 68.8. The summed E-state index contributed by atoms with van der Waals surface area (Å²) in [6, 6.07) is 6.27. The summed E-state index contributed by atoms with van der Waals surface area (Å²) in [7, 11) is 0. The summed E-state index contributed by atoms with van der Waals surface area (Å²) in [5.41, 5.74) is -1.77. The van der Waals surface area contributed by atoms with Gasteiger partial charge in [-0.25, -0.2) is 52.7 Å². The van der Waals surface area contributed by atoms with Gasteiger partial charge in [-0.3, -0.25) is 68.6 Å². The van der Waals surface area contributed by atoms with Crippen LogP contribution < -0.4 is 0 Å². The third kappa shape index (κ3) is 39.5. The van der Waals surface area contributed by atoms with Crippen LogP contribution in [0.2, 0.25) is 0 Å². The first-order valence-corrected chi connectivity index (χ1v) is 60.9. The first-order valence-electron chi connectivity index (χ1n) is 60.9. The van der Waals surface area contributed by atoms with Crippen LogP contribution in [0.3, 0.4) is 0 Å². The standard InChI is InChI=1S/5C15H28F2N2.2C15H29FN2.C15H30N2/c2*1-11(2)7-13-8-19(9-13)14-5-6-18(12(3)4)10-15(14,16)17;3*1-11(2)7-13-5-6-18(10-15(13,16)17)14-8-19(9-14)12(3)4;2*1-12(2)9-15(16)10-18(11-15)14-5-7-17(8-6-14)13(3)4;1-12(2)9-14-5-7-16(8-6-14)15-10-17(11-15)13(3)4/h5*11-14H,5-10H2,1-4H3;2*12-14H,5-11H2,1-4H3;12-15H,5-11H2,1-4H3. The molecule has 16 nitrogen and oxygen atoms in total. The molecule has 16 aliphatic rings. The molecule has 5 atom stereocenters. The fraction of sp³-hybridized carbons (Fsp3) is 1.00. The molecule has 16 saturated heterocycles. The van der Waals surface area contributed by atoms with E-state index in [0.29, 0.717) is 191 Å². The van der Waals surface area contributed by atoms with E-state index in [1.165, 1.54) is 110 Å². The zero-order chi connectivity index (χ0) is 110. The molecule has 5 unspecified atom stereocenters. The van der Waals surface area contributed by atoms with Crippen molar-refractivity contribution in [2.75, 3.05) is 209 Å². The van der Waals surface area contributed by atoms with E-state index in [2.05, 4.69) is 196 Å². The Kier molecular flexibility index (Phi) is 50.7. The van der Waals surface area contributed by atoms with Crippen molar-refractivity contribution in [3.63, 3.8) is 0 Å². The molecule has 16 aliphatic heterocycles. The summed E-state index contributed by atoms with van der Waals surface area (Å²) in [5.74, 6) is -7.28. The van der Waals surface area contributed by atoms with Gasteiger partial charge in [-0.2, -0.15) is 0 Å². The maximum Gasteiger partial charge on any atom is 0.275 e. The lowest BCUT2D eigenvalue weighted by Crippen LogP contribution is -2.64. The van der Waals surface area contributed by atoms with Crippen molar-refractivity contribution in [1.29, 1.82) is 0 Å². The number of alkyl halides is 12. The quantitative estimate of drug-likeness (QED) is 0.0600. The van der Waals surface area contributed by atoms with Gasteiger partial charge in [0.05, 0.1) is 44.8 Å². The minimum absolute atomic E-state index is 0.0268. The summed E-state index contributed by atoms with van der Waals surface area (Å²) >= 11 is 0. The van der Waals surface area contributed by atoms with Gasteiger partial charge < -0.3 is 9.80 Å². The topological polar surface area (TPSA) is 51.8 Å².